The highest BCUT2D eigenvalue weighted by molar-refractivity contribution is 8.33. The Morgan fingerprint density at radius 1 is 0.804 bits per heavy atom. The topological polar surface area (TPSA) is 113 Å². The van der Waals surface area contributed by atoms with Crippen molar-refractivity contribution in [3.8, 4) is 16.9 Å². The van der Waals surface area contributed by atoms with E-state index in [4.69, 9.17) is 4.74 Å². The number of esters is 1. The molecule has 0 bridgehead atoms. The minimum Gasteiger partial charge on any atom is -0.425 e. The number of nitrogens with one attached hydrogen (secondary N) is 1. The van der Waals surface area contributed by atoms with E-state index in [-0.39, 0.29) is 11.4 Å². The molecule has 0 aromatic heterocycles. The average molecular weight is 788 g/mol. The van der Waals surface area contributed by atoms with Crippen molar-refractivity contribution in [3.05, 3.63) is 144 Å². The van der Waals surface area contributed by atoms with E-state index in [1.54, 1.807) is 24.3 Å². The van der Waals surface area contributed by atoms with Gasteiger partial charge in [-0.15, -0.1) is 0 Å². The van der Waals surface area contributed by atoms with Crippen LogP contribution in [0.5, 0.6) is 5.75 Å². The number of anilines is 1. The van der Waals surface area contributed by atoms with Crippen LogP contribution >= 0.6 is 10.0 Å². The van der Waals surface area contributed by atoms with Crippen molar-refractivity contribution in [1.29, 1.82) is 0 Å². The number of hydrogen-bond acceptors (Lipinski definition) is 6. The van der Waals surface area contributed by atoms with Crippen molar-refractivity contribution in [2.75, 3.05) is 18.1 Å². The number of benzene rings is 6. The molecule has 56 heavy (non-hydrogen) atoms. The number of ether oxygens (including phenoxy) is 1. The quantitative estimate of drug-likeness (QED) is 0.0572. The molecule has 0 radical (unpaired) electrons. The summed E-state index contributed by atoms with van der Waals surface area (Å²) in [6.07, 6.45) is 4.87. The molecule has 7 nitrogen and oxygen atoms in total. The maximum atomic E-state index is 13.2. The summed E-state index contributed by atoms with van der Waals surface area (Å²) in [6.45, 7) is 6.46. The Balaban J connectivity index is 1.12. The van der Waals surface area contributed by atoms with Crippen LogP contribution in [0.15, 0.2) is 147 Å². The van der Waals surface area contributed by atoms with Crippen LogP contribution in [0.1, 0.15) is 68.7 Å². The first-order valence-electron chi connectivity index (χ1n) is 19.2. The summed E-state index contributed by atoms with van der Waals surface area (Å²) < 4.78 is 39.8. The van der Waals surface area contributed by atoms with Gasteiger partial charge in [0.15, 0.2) is 0 Å². The maximum Gasteiger partial charge on any atom is 0.330 e. The van der Waals surface area contributed by atoms with Crippen molar-refractivity contribution in [1.82, 2.24) is 0 Å². The van der Waals surface area contributed by atoms with Crippen molar-refractivity contribution in [2.24, 2.45) is 5.92 Å². The summed E-state index contributed by atoms with van der Waals surface area (Å²) in [6, 6.07) is 41.2. The molecule has 1 aliphatic heterocycles. The number of hydrogen-bond donors (Lipinski definition) is 3. The van der Waals surface area contributed by atoms with E-state index in [1.807, 2.05) is 12.1 Å². The van der Waals surface area contributed by atoms with Crippen LogP contribution in [0, 0.1) is 5.92 Å². The Labute approximate surface area is 331 Å². The second kappa shape index (κ2) is 16.3. The second-order valence-electron chi connectivity index (χ2n) is 14.9. The van der Waals surface area contributed by atoms with Gasteiger partial charge in [0.1, 0.15) is 12.3 Å². The third-order valence-electron chi connectivity index (χ3n) is 11.3. The molecular formula is C47H49NO6S2. The normalized spacial score (nSPS) is 15.3. The van der Waals surface area contributed by atoms with Crippen LogP contribution in [0.3, 0.4) is 0 Å². The highest BCUT2D eigenvalue weighted by Crippen LogP contribution is 2.73. The molecule has 0 aliphatic carbocycles. The first-order valence-corrected chi connectivity index (χ1v) is 22.7. The SMILES string of the molecule is CCCC(c1cccc(OC(=O)CNc2cc(C(O)Cc3ccc(S4(C)c5ccccc5-c5ccccc54)cc3)cc3cc(S(=O)(=O)O)ccc23)c1)C(C)CC. The number of rotatable bonds is 14. The van der Waals surface area contributed by atoms with E-state index < -0.39 is 32.2 Å². The van der Waals surface area contributed by atoms with Crippen LogP contribution in [-0.2, 0) is 21.3 Å². The van der Waals surface area contributed by atoms with E-state index in [0.29, 0.717) is 46.0 Å². The summed E-state index contributed by atoms with van der Waals surface area (Å²) in [5.74, 6) is 0.861. The molecule has 0 amide bonds. The smallest absolute Gasteiger partial charge is 0.330 e. The standard InChI is InChI=1S/C47H49NO6S2/c1-5-12-39(31(3)6-2)33-13-11-14-36(27-33)54-47(50)30-48-43-29-35(26-34-28-38(56(51,52)53)23-24-40(34)43)44(49)25-32-19-21-37(22-20-32)55(4)45-17-9-7-15-41(45)42-16-8-10-18-46(42)55/h7-11,13-24,26-29,31,39,44,48-49H,5-6,12,25,30H2,1-4H3,(H,51,52,53). The van der Waals surface area contributed by atoms with E-state index in [0.717, 1.165) is 30.4 Å². The highest BCUT2D eigenvalue weighted by atomic mass is 32.3. The van der Waals surface area contributed by atoms with Gasteiger partial charge in [0, 0.05) is 27.3 Å². The van der Waals surface area contributed by atoms with Gasteiger partial charge in [-0.1, -0.05) is 100 Å². The average Bonchev–Trinajstić information content (AvgIpc) is 3.47. The molecule has 0 saturated heterocycles. The predicted molar refractivity (Wildman–Crippen MR) is 227 cm³/mol. The molecule has 3 atom stereocenters. The molecule has 1 aliphatic rings. The van der Waals surface area contributed by atoms with Gasteiger partial charge in [0.2, 0.25) is 0 Å². The van der Waals surface area contributed by atoms with Gasteiger partial charge in [-0.25, -0.2) is 4.79 Å². The van der Waals surface area contributed by atoms with Gasteiger partial charge < -0.3 is 15.2 Å². The van der Waals surface area contributed by atoms with Gasteiger partial charge in [0.05, 0.1) is 11.0 Å². The molecule has 9 heteroatoms. The Bertz CT molecular complexity index is 2450. The number of aliphatic hydroxyl groups is 1. The van der Waals surface area contributed by atoms with Crippen molar-refractivity contribution >= 4 is 42.6 Å². The molecule has 3 unspecified atom stereocenters. The minimum absolute atomic E-state index is 0.169. The first kappa shape index (κ1) is 39.3. The molecule has 0 fully saturated rings. The van der Waals surface area contributed by atoms with Crippen LogP contribution in [0.4, 0.5) is 5.69 Å². The molecule has 0 spiro atoms. The Kier molecular flexibility index (Phi) is 11.4. The van der Waals surface area contributed by atoms with Gasteiger partial charge in [-0.05, 0) is 123 Å². The van der Waals surface area contributed by atoms with Crippen LogP contribution in [0.25, 0.3) is 21.9 Å². The molecule has 0 saturated carbocycles. The van der Waals surface area contributed by atoms with Gasteiger partial charge in [0.25, 0.3) is 10.1 Å². The van der Waals surface area contributed by atoms with Gasteiger partial charge >= 0.3 is 5.97 Å². The highest BCUT2D eigenvalue weighted by Gasteiger charge is 2.36. The van der Waals surface area contributed by atoms with E-state index in [1.165, 1.54) is 37.9 Å². The zero-order valence-electron chi connectivity index (χ0n) is 32.2. The largest absolute Gasteiger partial charge is 0.425 e. The summed E-state index contributed by atoms with van der Waals surface area (Å²) >= 11 is 0. The summed E-state index contributed by atoms with van der Waals surface area (Å²) in [4.78, 5) is 16.9. The molecule has 6 aromatic rings. The maximum absolute atomic E-state index is 13.2. The Morgan fingerprint density at radius 3 is 2.12 bits per heavy atom. The van der Waals surface area contributed by atoms with Crippen molar-refractivity contribution in [2.45, 2.75) is 78.1 Å². The van der Waals surface area contributed by atoms with Crippen LogP contribution < -0.4 is 10.1 Å². The zero-order valence-corrected chi connectivity index (χ0v) is 33.9. The van der Waals surface area contributed by atoms with E-state index >= 15 is 0 Å². The number of carbonyl (C=O) groups is 1. The minimum atomic E-state index is -4.48. The summed E-state index contributed by atoms with van der Waals surface area (Å²) in [5, 5.41) is 15.9. The number of carbonyl (C=O) groups excluding carboxylic acids is 1. The molecular weight excluding hydrogens is 739 g/mol. The van der Waals surface area contributed by atoms with E-state index in [9.17, 15) is 22.9 Å². The molecule has 1 heterocycles. The fourth-order valence-electron chi connectivity index (χ4n) is 8.09. The summed E-state index contributed by atoms with van der Waals surface area (Å²) in [5.41, 5.74) is 5.69. The second-order valence-corrected chi connectivity index (χ2v) is 19.5. The molecule has 290 valence electrons. The van der Waals surface area contributed by atoms with Crippen LogP contribution in [-0.4, -0.2) is 36.8 Å². The third kappa shape index (κ3) is 7.86. The molecule has 7 rings (SSSR count). The zero-order chi connectivity index (χ0) is 39.6. The van der Waals surface area contributed by atoms with Crippen molar-refractivity contribution in [3.63, 3.8) is 0 Å². The lowest BCUT2D eigenvalue weighted by molar-refractivity contribution is -0.132. The summed E-state index contributed by atoms with van der Waals surface area (Å²) in [7, 11) is -5.95. The number of fused-ring (bicyclic) bond motifs is 4. The Morgan fingerprint density at radius 2 is 1.48 bits per heavy atom. The predicted octanol–water partition coefficient (Wildman–Crippen LogP) is 11.2. The van der Waals surface area contributed by atoms with Gasteiger partial charge in [-0.3, -0.25) is 4.55 Å². The first-order chi connectivity index (χ1) is 26.9. The third-order valence-corrected chi connectivity index (χ3v) is 15.8. The lowest BCUT2D eigenvalue weighted by atomic mass is 9.82. The number of aliphatic hydroxyl groups excluding tert-OH is 1. The fraction of sp³-hybridized carbons (Fsp3) is 0.255. The Hall–Kier alpha value is -4.93. The van der Waals surface area contributed by atoms with Crippen LogP contribution in [0.2, 0.25) is 0 Å². The van der Waals surface area contributed by atoms with E-state index in [2.05, 4.69) is 111 Å². The molecule has 3 N–H and O–H groups in total. The van der Waals surface area contributed by atoms with Gasteiger partial charge in [-0.2, -0.15) is 18.4 Å². The lowest BCUT2D eigenvalue weighted by Gasteiger charge is -2.34. The molecule has 6 aromatic carbocycles. The van der Waals surface area contributed by atoms with Crippen molar-refractivity contribution < 1.29 is 27.6 Å². The monoisotopic (exact) mass is 787 g/mol. The lowest BCUT2D eigenvalue weighted by Crippen LogP contribution is -2.20. The fourth-order valence-corrected chi connectivity index (χ4v) is 12.0.